The number of benzene rings is 1. The molecule has 0 aliphatic rings. The standard InChI is InChI=1S/C13H17F2NO4S/c1-13(2,3)16(5-4-12(17)18)21(19,20)11-7-9(14)6-10(15)8-11/h6-8H,4-5H2,1-3H3,(H,17,18). The van der Waals surface area contributed by atoms with E-state index in [-0.39, 0.29) is 6.54 Å². The van der Waals surface area contributed by atoms with Gasteiger partial charge in [0.05, 0.1) is 11.3 Å². The molecule has 1 aromatic rings. The summed E-state index contributed by atoms with van der Waals surface area (Å²) in [6, 6.07) is 1.98. The summed E-state index contributed by atoms with van der Waals surface area (Å²) in [5.41, 5.74) is -0.933. The SMILES string of the molecule is CC(C)(C)N(CCC(=O)O)S(=O)(=O)c1cc(F)cc(F)c1. The zero-order chi connectivity index (χ0) is 16.4. The average Bonchev–Trinajstić information content (AvgIpc) is 2.24. The number of hydrogen-bond acceptors (Lipinski definition) is 3. The van der Waals surface area contributed by atoms with E-state index in [0.717, 1.165) is 4.31 Å². The molecule has 0 spiro atoms. The molecule has 5 nitrogen and oxygen atoms in total. The molecule has 0 aliphatic heterocycles. The number of hydrogen-bond donors (Lipinski definition) is 1. The maximum Gasteiger partial charge on any atom is 0.304 e. The Kier molecular flexibility index (Phi) is 5.06. The van der Waals surface area contributed by atoms with E-state index in [1.54, 1.807) is 20.8 Å². The summed E-state index contributed by atoms with van der Waals surface area (Å²) in [4.78, 5) is 10.1. The smallest absolute Gasteiger partial charge is 0.304 e. The Morgan fingerprint density at radius 1 is 1.19 bits per heavy atom. The average molecular weight is 321 g/mol. The minimum absolute atomic E-state index is 0.292. The van der Waals surface area contributed by atoms with Crippen LogP contribution in [0.3, 0.4) is 0 Å². The molecule has 0 bridgehead atoms. The highest BCUT2D eigenvalue weighted by Crippen LogP contribution is 2.25. The largest absolute Gasteiger partial charge is 0.481 e. The van der Waals surface area contributed by atoms with E-state index in [1.807, 2.05) is 0 Å². The summed E-state index contributed by atoms with van der Waals surface area (Å²) in [5.74, 6) is -3.19. The van der Waals surface area contributed by atoms with Crippen LogP contribution in [0.1, 0.15) is 27.2 Å². The van der Waals surface area contributed by atoms with Gasteiger partial charge in [0.15, 0.2) is 0 Å². The monoisotopic (exact) mass is 321 g/mol. The van der Waals surface area contributed by atoms with Crippen molar-refractivity contribution in [1.82, 2.24) is 4.31 Å². The van der Waals surface area contributed by atoms with Crippen molar-refractivity contribution in [1.29, 1.82) is 0 Å². The van der Waals surface area contributed by atoms with Gasteiger partial charge in [0.2, 0.25) is 10.0 Å². The second-order valence-electron chi connectivity index (χ2n) is 5.50. The predicted octanol–water partition coefficient (Wildman–Crippen LogP) is 2.23. The number of aliphatic carboxylic acids is 1. The number of nitrogens with zero attached hydrogens (tertiary/aromatic N) is 1. The molecule has 21 heavy (non-hydrogen) atoms. The fourth-order valence-electron chi connectivity index (χ4n) is 1.82. The Morgan fingerprint density at radius 2 is 1.67 bits per heavy atom. The number of halogens is 2. The van der Waals surface area contributed by atoms with Gasteiger partial charge in [-0.1, -0.05) is 0 Å². The van der Waals surface area contributed by atoms with Gasteiger partial charge in [-0.05, 0) is 32.9 Å². The molecule has 8 heteroatoms. The normalized spacial score (nSPS) is 12.7. The van der Waals surface area contributed by atoms with E-state index in [1.165, 1.54) is 0 Å². The van der Waals surface area contributed by atoms with Gasteiger partial charge in [0, 0.05) is 18.2 Å². The molecule has 0 fully saturated rings. The summed E-state index contributed by atoms with van der Waals surface area (Å²) in [7, 11) is -4.21. The van der Waals surface area contributed by atoms with Crippen LogP contribution in [-0.2, 0) is 14.8 Å². The number of sulfonamides is 1. The van der Waals surface area contributed by atoms with Gasteiger partial charge in [-0.2, -0.15) is 4.31 Å². The van der Waals surface area contributed by atoms with Crippen molar-refractivity contribution in [3.05, 3.63) is 29.8 Å². The Labute approximate surface area is 122 Å². The molecule has 1 rings (SSSR count). The Balaban J connectivity index is 3.30. The first-order valence-electron chi connectivity index (χ1n) is 6.15. The van der Waals surface area contributed by atoms with Gasteiger partial charge >= 0.3 is 5.97 Å². The fourth-order valence-corrected chi connectivity index (χ4v) is 3.65. The summed E-state index contributed by atoms with van der Waals surface area (Å²) >= 11 is 0. The lowest BCUT2D eigenvalue weighted by Crippen LogP contribution is -2.46. The summed E-state index contributed by atoms with van der Waals surface area (Å²) in [6.07, 6.45) is -0.408. The van der Waals surface area contributed by atoms with Crippen LogP contribution >= 0.6 is 0 Å². The number of carboxylic acids is 1. The highest BCUT2D eigenvalue weighted by Gasteiger charge is 2.34. The van der Waals surface area contributed by atoms with Crippen molar-refractivity contribution in [2.45, 2.75) is 37.6 Å². The third-order valence-corrected chi connectivity index (χ3v) is 4.84. The molecule has 0 unspecified atom stereocenters. The van der Waals surface area contributed by atoms with Crippen LogP contribution in [0.25, 0.3) is 0 Å². The molecule has 0 aliphatic carbocycles. The maximum absolute atomic E-state index is 13.2. The van der Waals surface area contributed by atoms with E-state index in [4.69, 9.17) is 5.11 Å². The minimum atomic E-state index is -4.21. The van der Waals surface area contributed by atoms with Gasteiger partial charge in [-0.3, -0.25) is 4.79 Å². The van der Waals surface area contributed by atoms with Crippen LogP contribution < -0.4 is 0 Å². The lowest BCUT2D eigenvalue weighted by atomic mass is 10.1. The Bertz CT molecular complexity index is 618. The van der Waals surface area contributed by atoms with E-state index >= 15 is 0 Å². The molecular formula is C13H17F2NO4S. The van der Waals surface area contributed by atoms with Crippen molar-refractivity contribution in [2.75, 3.05) is 6.54 Å². The first-order valence-corrected chi connectivity index (χ1v) is 7.59. The maximum atomic E-state index is 13.2. The van der Waals surface area contributed by atoms with Crippen molar-refractivity contribution in [3.63, 3.8) is 0 Å². The second kappa shape index (κ2) is 6.07. The highest BCUT2D eigenvalue weighted by molar-refractivity contribution is 7.89. The van der Waals surface area contributed by atoms with E-state index in [9.17, 15) is 22.0 Å². The molecule has 0 saturated heterocycles. The summed E-state index contributed by atoms with van der Waals surface area (Å²) in [6.45, 7) is 4.42. The van der Waals surface area contributed by atoms with Gasteiger partial charge in [-0.25, -0.2) is 17.2 Å². The molecule has 1 N–H and O–H groups in total. The fraction of sp³-hybridized carbons (Fsp3) is 0.462. The zero-order valence-corrected chi connectivity index (χ0v) is 12.7. The summed E-state index contributed by atoms with van der Waals surface area (Å²) < 4.78 is 52.3. The molecule has 1 aromatic carbocycles. The molecule has 0 amide bonds. The number of rotatable bonds is 5. The van der Waals surface area contributed by atoms with Gasteiger partial charge < -0.3 is 5.11 Å². The quantitative estimate of drug-likeness (QED) is 0.902. The van der Waals surface area contributed by atoms with Crippen molar-refractivity contribution >= 4 is 16.0 Å². The van der Waals surface area contributed by atoms with Crippen LogP contribution in [0.15, 0.2) is 23.1 Å². The van der Waals surface area contributed by atoms with Crippen LogP contribution in [0, 0.1) is 11.6 Å². The third-order valence-electron chi connectivity index (χ3n) is 2.70. The van der Waals surface area contributed by atoms with Crippen LogP contribution in [0.4, 0.5) is 8.78 Å². The highest BCUT2D eigenvalue weighted by atomic mass is 32.2. The molecule has 0 radical (unpaired) electrons. The van der Waals surface area contributed by atoms with Crippen LogP contribution in [-0.4, -0.2) is 35.9 Å². The van der Waals surface area contributed by atoms with Crippen molar-refractivity contribution in [3.8, 4) is 0 Å². The lowest BCUT2D eigenvalue weighted by molar-refractivity contribution is -0.137. The third kappa shape index (κ3) is 4.47. The molecule has 0 saturated carbocycles. The first-order chi connectivity index (χ1) is 9.44. The molecule has 0 aromatic heterocycles. The number of carbonyl (C=O) groups is 1. The molecule has 118 valence electrons. The lowest BCUT2D eigenvalue weighted by Gasteiger charge is -2.34. The Morgan fingerprint density at radius 3 is 2.05 bits per heavy atom. The van der Waals surface area contributed by atoms with Gasteiger partial charge in [-0.15, -0.1) is 0 Å². The predicted molar refractivity (Wildman–Crippen MR) is 72.3 cm³/mol. The van der Waals surface area contributed by atoms with Crippen LogP contribution in [0.2, 0.25) is 0 Å². The molecule has 0 heterocycles. The van der Waals surface area contributed by atoms with E-state index in [2.05, 4.69) is 0 Å². The zero-order valence-electron chi connectivity index (χ0n) is 11.9. The Hall–Kier alpha value is -1.54. The second-order valence-corrected chi connectivity index (χ2v) is 7.36. The van der Waals surface area contributed by atoms with E-state index in [0.29, 0.717) is 18.2 Å². The minimum Gasteiger partial charge on any atom is -0.481 e. The van der Waals surface area contributed by atoms with E-state index < -0.39 is 44.5 Å². The molecular weight excluding hydrogens is 304 g/mol. The molecule has 0 atom stereocenters. The topological polar surface area (TPSA) is 74.7 Å². The van der Waals surface area contributed by atoms with Crippen molar-refractivity contribution in [2.24, 2.45) is 0 Å². The summed E-state index contributed by atoms with van der Waals surface area (Å²) in [5, 5.41) is 8.71. The van der Waals surface area contributed by atoms with Crippen molar-refractivity contribution < 1.29 is 27.1 Å². The number of carboxylic acid groups (broad SMARTS) is 1. The van der Waals surface area contributed by atoms with Gasteiger partial charge in [0.1, 0.15) is 11.6 Å². The first kappa shape index (κ1) is 17.5. The van der Waals surface area contributed by atoms with Crippen LogP contribution in [0.5, 0.6) is 0 Å². The van der Waals surface area contributed by atoms with Gasteiger partial charge in [0.25, 0.3) is 0 Å².